The van der Waals surface area contributed by atoms with Crippen LogP contribution >= 0.6 is 0 Å². The number of nitrogens with zero attached hydrogens (tertiary/aromatic N) is 4. The SMILES string of the molecule is C[C@H](CCCC(C)(C)O)[C@H]1CC[C@H]2/C(=C/Cn3ncnn3)CCC[C@]12C. The molecule has 4 atom stereocenters. The van der Waals surface area contributed by atoms with E-state index in [1.807, 2.05) is 13.8 Å². The summed E-state index contributed by atoms with van der Waals surface area (Å²) in [6.45, 7) is 9.58. The van der Waals surface area contributed by atoms with Gasteiger partial charge in [-0.15, -0.1) is 10.2 Å². The monoisotopic (exact) mass is 360 g/mol. The Morgan fingerprint density at radius 2 is 2.23 bits per heavy atom. The van der Waals surface area contributed by atoms with Gasteiger partial charge in [0, 0.05) is 0 Å². The van der Waals surface area contributed by atoms with E-state index < -0.39 is 5.60 Å². The van der Waals surface area contributed by atoms with Crippen LogP contribution in [0.5, 0.6) is 0 Å². The Labute approximate surface area is 158 Å². The summed E-state index contributed by atoms with van der Waals surface area (Å²) in [6, 6.07) is 0. The molecule has 5 nitrogen and oxygen atoms in total. The van der Waals surface area contributed by atoms with Crippen molar-refractivity contribution in [2.45, 2.75) is 91.2 Å². The second-order valence-corrected chi connectivity index (χ2v) is 9.55. The van der Waals surface area contributed by atoms with Crippen LogP contribution in [0.25, 0.3) is 0 Å². The number of aromatic nitrogens is 4. The number of aliphatic hydroxyl groups is 1. The van der Waals surface area contributed by atoms with Gasteiger partial charge in [0.2, 0.25) is 0 Å². The molecular formula is C21H36N4O. The summed E-state index contributed by atoms with van der Waals surface area (Å²) < 4.78 is 0. The van der Waals surface area contributed by atoms with Gasteiger partial charge in [0.05, 0.1) is 12.1 Å². The largest absolute Gasteiger partial charge is 0.390 e. The maximum absolute atomic E-state index is 9.98. The number of hydrogen-bond donors (Lipinski definition) is 1. The van der Waals surface area contributed by atoms with Crippen molar-refractivity contribution in [3.05, 3.63) is 18.0 Å². The Morgan fingerprint density at radius 1 is 1.42 bits per heavy atom. The van der Waals surface area contributed by atoms with E-state index in [2.05, 4.69) is 35.3 Å². The first-order chi connectivity index (χ1) is 12.3. The summed E-state index contributed by atoms with van der Waals surface area (Å²) in [5, 5.41) is 21.9. The van der Waals surface area contributed by atoms with E-state index >= 15 is 0 Å². The Bertz CT molecular complexity index is 604. The molecule has 2 saturated carbocycles. The molecule has 0 aromatic carbocycles. The molecule has 26 heavy (non-hydrogen) atoms. The summed E-state index contributed by atoms with van der Waals surface area (Å²) in [4.78, 5) is 1.67. The van der Waals surface area contributed by atoms with E-state index in [-0.39, 0.29) is 0 Å². The summed E-state index contributed by atoms with van der Waals surface area (Å²) in [5.74, 6) is 2.27. The molecule has 1 heterocycles. The fraction of sp³-hybridized carbons (Fsp3) is 0.857. The summed E-state index contributed by atoms with van der Waals surface area (Å²) in [5.41, 5.74) is 1.54. The van der Waals surface area contributed by atoms with Gasteiger partial charge in [-0.3, -0.25) is 0 Å². The van der Waals surface area contributed by atoms with E-state index in [0.717, 1.165) is 37.1 Å². The molecule has 2 aliphatic rings. The topological polar surface area (TPSA) is 63.8 Å². The number of allylic oxidation sites excluding steroid dienone is 2. The van der Waals surface area contributed by atoms with Gasteiger partial charge in [0.25, 0.3) is 0 Å². The summed E-state index contributed by atoms with van der Waals surface area (Å²) >= 11 is 0. The van der Waals surface area contributed by atoms with Crippen LogP contribution in [-0.4, -0.2) is 30.9 Å². The second kappa shape index (κ2) is 7.79. The zero-order valence-electron chi connectivity index (χ0n) is 17.0. The van der Waals surface area contributed by atoms with E-state index in [9.17, 15) is 5.11 Å². The third-order valence-electron chi connectivity index (χ3n) is 7.08. The minimum Gasteiger partial charge on any atom is -0.390 e. The number of hydrogen-bond acceptors (Lipinski definition) is 4. The maximum Gasteiger partial charge on any atom is 0.162 e. The lowest BCUT2D eigenvalue weighted by Crippen LogP contribution is -2.36. The molecule has 0 radical (unpaired) electrons. The fourth-order valence-corrected chi connectivity index (χ4v) is 5.79. The minimum atomic E-state index is -0.530. The average molecular weight is 361 g/mol. The second-order valence-electron chi connectivity index (χ2n) is 9.55. The predicted molar refractivity (Wildman–Crippen MR) is 103 cm³/mol. The summed E-state index contributed by atoms with van der Waals surface area (Å²) in [6.07, 6.45) is 13.7. The molecule has 1 aromatic rings. The van der Waals surface area contributed by atoms with Crippen LogP contribution in [0.4, 0.5) is 0 Å². The molecule has 0 bridgehead atoms. The van der Waals surface area contributed by atoms with Gasteiger partial charge in [-0.2, -0.15) is 4.80 Å². The van der Waals surface area contributed by atoms with Crippen LogP contribution < -0.4 is 0 Å². The van der Waals surface area contributed by atoms with E-state index in [1.54, 1.807) is 10.4 Å². The van der Waals surface area contributed by atoms with Crippen LogP contribution in [0.1, 0.15) is 79.1 Å². The molecular weight excluding hydrogens is 324 g/mol. The Kier molecular flexibility index (Phi) is 5.85. The van der Waals surface area contributed by atoms with Crippen LogP contribution in [0.3, 0.4) is 0 Å². The lowest BCUT2D eigenvalue weighted by atomic mass is 9.60. The average Bonchev–Trinajstić information content (AvgIpc) is 3.18. The smallest absolute Gasteiger partial charge is 0.162 e. The molecule has 0 spiro atoms. The molecule has 5 heteroatoms. The standard InChI is InChI=1S/C21H36N4O/c1-16(7-5-12-20(2,3)26)18-9-10-19-17(8-6-13-21(18,19)4)11-14-25-23-15-22-24-25/h11,15-16,18-19,26H,5-10,12-14H2,1-4H3/b17-11+/t16-,18-,19+,21-/m1/s1. The van der Waals surface area contributed by atoms with Gasteiger partial charge < -0.3 is 5.11 Å². The number of tetrazole rings is 1. The number of fused-ring (bicyclic) bond motifs is 1. The first-order valence-corrected chi connectivity index (χ1v) is 10.4. The minimum absolute atomic E-state index is 0.439. The van der Waals surface area contributed by atoms with Gasteiger partial charge >= 0.3 is 0 Å². The number of rotatable bonds is 7. The van der Waals surface area contributed by atoms with Crippen molar-refractivity contribution >= 4 is 0 Å². The highest BCUT2D eigenvalue weighted by atomic mass is 16.3. The van der Waals surface area contributed by atoms with Crippen LogP contribution in [0, 0.1) is 23.2 Å². The lowest BCUT2D eigenvalue weighted by Gasteiger charge is -2.44. The van der Waals surface area contributed by atoms with E-state index in [4.69, 9.17) is 0 Å². The van der Waals surface area contributed by atoms with Crippen molar-refractivity contribution in [3.63, 3.8) is 0 Å². The zero-order valence-corrected chi connectivity index (χ0v) is 17.0. The van der Waals surface area contributed by atoms with Crippen molar-refractivity contribution in [3.8, 4) is 0 Å². The highest BCUT2D eigenvalue weighted by molar-refractivity contribution is 5.18. The van der Waals surface area contributed by atoms with Crippen molar-refractivity contribution in [2.24, 2.45) is 23.2 Å². The molecule has 146 valence electrons. The first-order valence-electron chi connectivity index (χ1n) is 10.4. The quantitative estimate of drug-likeness (QED) is 0.732. The van der Waals surface area contributed by atoms with E-state index in [0.29, 0.717) is 5.41 Å². The molecule has 2 aliphatic carbocycles. The molecule has 2 fully saturated rings. The third kappa shape index (κ3) is 4.36. The highest BCUT2D eigenvalue weighted by Gasteiger charge is 2.50. The molecule has 3 rings (SSSR count). The van der Waals surface area contributed by atoms with Gasteiger partial charge in [-0.1, -0.05) is 38.3 Å². The summed E-state index contributed by atoms with van der Waals surface area (Å²) in [7, 11) is 0. The van der Waals surface area contributed by atoms with Crippen LogP contribution in [0.2, 0.25) is 0 Å². The van der Waals surface area contributed by atoms with Crippen molar-refractivity contribution in [2.75, 3.05) is 0 Å². The molecule has 1 N–H and O–H groups in total. The molecule has 0 saturated heterocycles. The van der Waals surface area contributed by atoms with Gasteiger partial charge in [0.15, 0.2) is 6.33 Å². The van der Waals surface area contributed by atoms with E-state index in [1.165, 1.54) is 44.9 Å². The highest BCUT2D eigenvalue weighted by Crippen LogP contribution is 2.59. The normalized spacial score (nSPS) is 32.0. The van der Waals surface area contributed by atoms with Crippen LogP contribution in [-0.2, 0) is 6.54 Å². The lowest BCUT2D eigenvalue weighted by molar-refractivity contribution is 0.0596. The van der Waals surface area contributed by atoms with Gasteiger partial charge in [-0.25, -0.2) is 0 Å². The third-order valence-corrected chi connectivity index (χ3v) is 7.08. The zero-order chi connectivity index (χ0) is 18.8. The van der Waals surface area contributed by atoms with Crippen molar-refractivity contribution in [1.29, 1.82) is 0 Å². The molecule has 0 aliphatic heterocycles. The van der Waals surface area contributed by atoms with Crippen LogP contribution in [0.15, 0.2) is 18.0 Å². The predicted octanol–water partition coefficient (Wildman–Crippen LogP) is 4.39. The van der Waals surface area contributed by atoms with Crippen molar-refractivity contribution in [1.82, 2.24) is 20.2 Å². The Balaban J connectivity index is 1.63. The maximum atomic E-state index is 9.98. The molecule has 1 aromatic heterocycles. The van der Waals surface area contributed by atoms with Crippen molar-refractivity contribution < 1.29 is 5.11 Å². The van der Waals surface area contributed by atoms with Gasteiger partial charge in [-0.05, 0) is 80.8 Å². The fourth-order valence-electron chi connectivity index (χ4n) is 5.79. The Hall–Kier alpha value is -1.23. The molecule has 0 unspecified atom stereocenters. The molecule has 0 amide bonds. The first kappa shape index (κ1) is 19.5. The Morgan fingerprint density at radius 3 is 2.92 bits per heavy atom. The van der Waals surface area contributed by atoms with Gasteiger partial charge in [0.1, 0.15) is 0 Å².